The lowest BCUT2D eigenvalue weighted by molar-refractivity contribution is 0.0681. The standard InChI is InChI=1S/C18H29NO3/c1-14(19-9-4-10-22-12-11-21-2)18(20)17-8-7-15-5-3-6-16(15)13-17/h7-8,13-14,18-20H,3-6,9-12H2,1-2H3. The van der Waals surface area contributed by atoms with Gasteiger partial charge in [-0.2, -0.15) is 0 Å². The Balaban J connectivity index is 1.69. The molecule has 2 unspecified atom stereocenters. The highest BCUT2D eigenvalue weighted by molar-refractivity contribution is 5.36. The van der Waals surface area contributed by atoms with Gasteiger partial charge in [0.05, 0.1) is 19.3 Å². The van der Waals surface area contributed by atoms with Gasteiger partial charge in [-0.25, -0.2) is 0 Å². The molecule has 0 aliphatic heterocycles. The Kier molecular flexibility index (Phi) is 7.33. The van der Waals surface area contributed by atoms with Gasteiger partial charge < -0.3 is 19.9 Å². The first-order chi connectivity index (χ1) is 10.7. The van der Waals surface area contributed by atoms with Crippen LogP contribution in [0.3, 0.4) is 0 Å². The largest absolute Gasteiger partial charge is 0.387 e. The van der Waals surface area contributed by atoms with E-state index in [9.17, 15) is 5.11 Å². The van der Waals surface area contributed by atoms with Gasteiger partial charge in [-0.05, 0) is 55.8 Å². The van der Waals surface area contributed by atoms with E-state index in [2.05, 4.69) is 23.5 Å². The second kappa shape index (κ2) is 9.26. The molecule has 1 aliphatic rings. The van der Waals surface area contributed by atoms with E-state index in [1.807, 2.05) is 6.92 Å². The van der Waals surface area contributed by atoms with Crippen molar-refractivity contribution in [3.8, 4) is 0 Å². The van der Waals surface area contributed by atoms with E-state index in [1.54, 1.807) is 7.11 Å². The fourth-order valence-electron chi connectivity index (χ4n) is 2.92. The van der Waals surface area contributed by atoms with Crippen molar-refractivity contribution in [2.45, 2.75) is 44.8 Å². The van der Waals surface area contributed by atoms with Gasteiger partial charge in [-0.1, -0.05) is 18.2 Å². The Morgan fingerprint density at radius 3 is 2.82 bits per heavy atom. The van der Waals surface area contributed by atoms with E-state index in [4.69, 9.17) is 9.47 Å². The lowest BCUT2D eigenvalue weighted by atomic mass is 9.99. The molecule has 0 bridgehead atoms. The summed E-state index contributed by atoms with van der Waals surface area (Å²) in [5.74, 6) is 0. The third-order valence-electron chi connectivity index (χ3n) is 4.30. The van der Waals surface area contributed by atoms with Gasteiger partial charge in [-0.15, -0.1) is 0 Å². The molecule has 1 aliphatic carbocycles. The van der Waals surface area contributed by atoms with Crippen molar-refractivity contribution in [1.82, 2.24) is 5.32 Å². The van der Waals surface area contributed by atoms with E-state index < -0.39 is 6.10 Å². The number of hydrogen-bond donors (Lipinski definition) is 2. The summed E-state index contributed by atoms with van der Waals surface area (Å²) in [6.45, 7) is 4.88. The number of methoxy groups -OCH3 is 1. The lowest BCUT2D eigenvalue weighted by Crippen LogP contribution is -2.33. The molecule has 2 N–H and O–H groups in total. The number of fused-ring (bicyclic) bond motifs is 1. The summed E-state index contributed by atoms with van der Waals surface area (Å²) in [5, 5.41) is 13.9. The fraction of sp³-hybridized carbons (Fsp3) is 0.667. The molecule has 2 atom stereocenters. The van der Waals surface area contributed by atoms with Crippen molar-refractivity contribution in [3.05, 3.63) is 34.9 Å². The number of aryl methyl sites for hydroxylation is 2. The van der Waals surface area contributed by atoms with Gasteiger partial charge in [0.25, 0.3) is 0 Å². The molecule has 0 amide bonds. The number of aliphatic hydroxyl groups excluding tert-OH is 1. The molecule has 22 heavy (non-hydrogen) atoms. The maximum absolute atomic E-state index is 10.5. The van der Waals surface area contributed by atoms with Crippen LogP contribution in [0.4, 0.5) is 0 Å². The SMILES string of the molecule is COCCOCCCNC(C)C(O)c1ccc2c(c1)CCC2. The minimum Gasteiger partial charge on any atom is -0.387 e. The Bertz CT molecular complexity index is 450. The summed E-state index contributed by atoms with van der Waals surface area (Å²) in [5.41, 5.74) is 3.89. The highest BCUT2D eigenvalue weighted by Crippen LogP contribution is 2.26. The molecule has 0 radical (unpaired) electrons. The zero-order valence-electron chi connectivity index (χ0n) is 13.8. The highest BCUT2D eigenvalue weighted by atomic mass is 16.5. The second-order valence-electron chi connectivity index (χ2n) is 6.03. The minimum absolute atomic E-state index is 0.0402. The first kappa shape index (κ1) is 17.4. The first-order valence-electron chi connectivity index (χ1n) is 8.32. The highest BCUT2D eigenvalue weighted by Gasteiger charge is 2.18. The predicted octanol–water partition coefficient (Wildman–Crippen LogP) is 2.24. The zero-order valence-corrected chi connectivity index (χ0v) is 13.8. The zero-order chi connectivity index (χ0) is 15.8. The topological polar surface area (TPSA) is 50.7 Å². The Morgan fingerprint density at radius 2 is 2.00 bits per heavy atom. The Labute approximate surface area is 133 Å². The maximum Gasteiger partial charge on any atom is 0.0940 e. The molecule has 0 fully saturated rings. The van der Waals surface area contributed by atoms with E-state index in [-0.39, 0.29) is 6.04 Å². The van der Waals surface area contributed by atoms with Crippen molar-refractivity contribution in [2.75, 3.05) is 33.5 Å². The summed E-state index contributed by atoms with van der Waals surface area (Å²) in [7, 11) is 1.67. The molecular formula is C18H29NO3. The summed E-state index contributed by atoms with van der Waals surface area (Å²) in [6, 6.07) is 6.47. The molecule has 0 heterocycles. The van der Waals surface area contributed by atoms with E-state index >= 15 is 0 Å². The van der Waals surface area contributed by atoms with Crippen molar-refractivity contribution >= 4 is 0 Å². The van der Waals surface area contributed by atoms with Gasteiger partial charge in [-0.3, -0.25) is 0 Å². The maximum atomic E-state index is 10.5. The summed E-state index contributed by atoms with van der Waals surface area (Å²) >= 11 is 0. The molecule has 4 heteroatoms. The third-order valence-corrected chi connectivity index (χ3v) is 4.30. The monoisotopic (exact) mass is 307 g/mol. The van der Waals surface area contributed by atoms with Gasteiger partial charge in [0, 0.05) is 19.8 Å². The van der Waals surface area contributed by atoms with Crippen LogP contribution in [-0.2, 0) is 22.3 Å². The number of rotatable bonds is 10. The predicted molar refractivity (Wildman–Crippen MR) is 88.2 cm³/mol. The number of aliphatic hydroxyl groups is 1. The second-order valence-corrected chi connectivity index (χ2v) is 6.03. The van der Waals surface area contributed by atoms with Crippen LogP contribution >= 0.6 is 0 Å². The van der Waals surface area contributed by atoms with E-state index in [0.29, 0.717) is 13.2 Å². The molecule has 124 valence electrons. The molecule has 1 aromatic rings. The van der Waals surface area contributed by atoms with Crippen molar-refractivity contribution in [2.24, 2.45) is 0 Å². The van der Waals surface area contributed by atoms with Crippen LogP contribution in [0, 0.1) is 0 Å². The molecule has 2 rings (SSSR count). The van der Waals surface area contributed by atoms with Crippen molar-refractivity contribution in [3.63, 3.8) is 0 Å². The molecule has 4 nitrogen and oxygen atoms in total. The lowest BCUT2D eigenvalue weighted by Gasteiger charge is -2.21. The fourth-order valence-corrected chi connectivity index (χ4v) is 2.92. The number of hydrogen-bond acceptors (Lipinski definition) is 4. The molecule has 0 spiro atoms. The molecular weight excluding hydrogens is 278 g/mol. The van der Waals surface area contributed by atoms with Crippen LogP contribution in [0.25, 0.3) is 0 Å². The van der Waals surface area contributed by atoms with Crippen LogP contribution in [0.1, 0.15) is 42.6 Å². The Hall–Kier alpha value is -0.940. The summed E-state index contributed by atoms with van der Waals surface area (Å²) in [4.78, 5) is 0. The van der Waals surface area contributed by atoms with E-state index in [1.165, 1.54) is 24.0 Å². The molecule has 0 saturated heterocycles. The summed E-state index contributed by atoms with van der Waals surface area (Å²) < 4.78 is 10.3. The number of ether oxygens (including phenoxy) is 2. The van der Waals surface area contributed by atoms with Crippen LogP contribution in [0.2, 0.25) is 0 Å². The number of benzene rings is 1. The Morgan fingerprint density at radius 1 is 1.18 bits per heavy atom. The quantitative estimate of drug-likeness (QED) is 0.651. The minimum atomic E-state index is -0.458. The van der Waals surface area contributed by atoms with Crippen LogP contribution < -0.4 is 5.32 Å². The molecule has 0 saturated carbocycles. The van der Waals surface area contributed by atoms with Gasteiger partial charge in [0.1, 0.15) is 0 Å². The van der Waals surface area contributed by atoms with Gasteiger partial charge in [0.2, 0.25) is 0 Å². The van der Waals surface area contributed by atoms with Gasteiger partial charge in [0.15, 0.2) is 0 Å². The van der Waals surface area contributed by atoms with Crippen LogP contribution in [0.15, 0.2) is 18.2 Å². The number of nitrogens with one attached hydrogen (secondary N) is 1. The van der Waals surface area contributed by atoms with E-state index in [0.717, 1.165) is 31.6 Å². The first-order valence-corrected chi connectivity index (χ1v) is 8.32. The molecule has 1 aromatic carbocycles. The summed E-state index contributed by atoms with van der Waals surface area (Å²) in [6.07, 6.45) is 4.05. The third kappa shape index (κ3) is 5.06. The smallest absolute Gasteiger partial charge is 0.0940 e. The van der Waals surface area contributed by atoms with Crippen LogP contribution in [0.5, 0.6) is 0 Å². The van der Waals surface area contributed by atoms with Gasteiger partial charge >= 0.3 is 0 Å². The van der Waals surface area contributed by atoms with Crippen molar-refractivity contribution in [1.29, 1.82) is 0 Å². The normalized spacial score (nSPS) is 16.5. The van der Waals surface area contributed by atoms with Crippen molar-refractivity contribution < 1.29 is 14.6 Å². The van der Waals surface area contributed by atoms with Crippen LogP contribution in [-0.4, -0.2) is 44.6 Å². The molecule has 0 aromatic heterocycles. The average molecular weight is 307 g/mol. The average Bonchev–Trinajstić information content (AvgIpc) is 3.00.